The van der Waals surface area contributed by atoms with Crippen LogP contribution in [-0.2, 0) is 4.79 Å². The van der Waals surface area contributed by atoms with Crippen LogP contribution in [0.25, 0.3) is 0 Å². The lowest BCUT2D eigenvalue weighted by molar-refractivity contribution is -0.137. The van der Waals surface area contributed by atoms with Gasteiger partial charge in [-0.05, 0) is 33.3 Å². The first kappa shape index (κ1) is 14.7. The first-order valence-electron chi connectivity index (χ1n) is 5.92. The molecule has 0 aliphatic heterocycles. The van der Waals surface area contributed by atoms with E-state index in [1.807, 2.05) is 33.1 Å². The van der Waals surface area contributed by atoms with Crippen LogP contribution < -0.4 is 0 Å². The number of nitrogens with zero attached hydrogens (tertiary/aromatic N) is 1. The normalized spacial score (nSPS) is 10.7. The molecule has 0 radical (unpaired) electrons. The second-order valence-corrected chi connectivity index (χ2v) is 5.65. The third-order valence-electron chi connectivity index (χ3n) is 2.97. The van der Waals surface area contributed by atoms with Crippen molar-refractivity contribution in [3.05, 3.63) is 21.4 Å². The zero-order valence-corrected chi connectivity index (χ0v) is 12.0. The summed E-state index contributed by atoms with van der Waals surface area (Å²) in [7, 11) is 0. The maximum absolute atomic E-state index is 12.4. The van der Waals surface area contributed by atoms with Crippen LogP contribution in [-0.4, -0.2) is 34.5 Å². The van der Waals surface area contributed by atoms with E-state index in [1.54, 1.807) is 16.2 Å². The lowest BCUT2D eigenvalue weighted by Gasteiger charge is -2.26. The minimum absolute atomic E-state index is 0.00328. The Bertz CT molecular complexity index is 451. The molecule has 1 aromatic rings. The van der Waals surface area contributed by atoms with Gasteiger partial charge in [0.25, 0.3) is 5.91 Å². The fourth-order valence-electron chi connectivity index (χ4n) is 1.69. The summed E-state index contributed by atoms with van der Waals surface area (Å²) in [5, 5.41) is 10.6. The molecule has 0 aliphatic rings. The molecule has 0 unspecified atom stereocenters. The predicted octanol–water partition coefficient (Wildman–Crippen LogP) is 2.69. The first-order valence-corrected chi connectivity index (χ1v) is 6.80. The number of amides is 1. The molecule has 0 spiro atoms. The third-order valence-corrected chi connectivity index (χ3v) is 3.98. The molecule has 0 bridgehead atoms. The molecular formula is C13H19NO3S. The van der Waals surface area contributed by atoms with E-state index in [4.69, 9.17) is 5.11 Å². The van der Waals surface area contributed by atoms with Gasteiger partial charge in [0.05, 0.1) is 12.0 Å². The number of aliphatic carboxylic acids is 1. The second kappa shape index (κ2) is 6.00. The predicted molar refractivity (Wildman–Crippen MR) is 72.2 cm³/mol. The van der Waals surface area contributed by atoms with Crippen LogP contribution in [0.1, 0.15) is 41.1 Å². The van der Waals surface area contributed by atoms with Crippen molar-refractivity contribution in [1.82, 2.24) is 4.90 Å². The van der Waals surface area contributed by atoms with Gasteiger partial charge in [-0.2, -0.15) is 0 Å². The fourth-order valence-corrected chi connectivity index (χ4v) is 2.55. The number of thiophene rings is 1. The Morgan fingerprint density at radius 3 is 2.39 bits per heavy atom. The molecule has 1 amide bonds. The van der Waals surface area contributed by atoms with E-state index in [1.165, 1.54) is 0 Å². The third kappa shape index (κ3) is 3.32. The molecule has 0 fully saturated rings. The SMILES string of the molecule is Cc1scc(C(=O)N(CCC(=O)O)C(C)C)c1C. The van der Waals surface area contributed by atoms with E-state index >= 15 is 0 Å². The summed E-state index contributed by atoms with van der Waals surface area (Å²) in [5.41, 5.74) is 1.68. The number of aryl methyl sites for hydroxylation is 1. The lowest BCUT2D eigenvalue weighted by Crippen LogP contribution is -2.38. The van der Waals surface area contributed by atoms with Crippen LogP contribution in [0, 0.1) is 13.8 Å². The number of carbonyl (C=O) groups excluding carboxylic acids is 1. The van der Waals surface area contributed by atoms with Gasteiger partial charge in [0, 0.05) is 22.8 Å². The van der Waals surface area contributed by atoms with Crippen LogP contribution in [0.5, 0.6) is 0 Å². The summed E-state index contributed by atoms with van der Waals surface area (Å²) in [6, 6.07) is -0.00328. The standard InChI is InChI=1S/C13H19NO3S/c1-8(2)14(6-5-12(15)16)13(17)11-7-18-10(4)9(11)3/h7-8H,5-6H2,1-4H3,(H,15,16). The topological polar surface area (TPSA) is 57.6 Å². The monoisotopic (exact) mass is 269 g/mol. The lowest BCUT2D eigenvalue weighted by atomic mass is 10.1. The molecule has 1 aromatic heterocycles. The van der Waals surface area contributed by atoms with E-state index in [2.05, 4.69) is 0 Å². The van der Waals surface area contributed by atoms with Gasteiger partial charge in [-0.25, -0.2) is 0 Å². The molecule has 5 heteroatoms. The Labute approximate surface area is 111 Å². The van der Waals surface area contributed by atoms with Crippen molar-refractivity contribution < 1.29 is 14.7 Å². The maximum Gasteiger partial charge on any atom is 0.305 e. The fraction of sp³-hybridized carbons (Fsp3) is 0.538. The molecule has 0 aromatic carbocycles. The van der Waals surface area contributed by atoms with Crippen molar-refractivity contribution in [3.63, 3.8) is 0 Å². The number of carboxylic acids is 1. The zero-order chi connectivity index (χ0) is 13.9. The van der Waals surface area contributed by atoms with Gasteiger partial charge in [0.15, 0.2) is 0 Å². The van der Waals surface area contributed by atoms with Gasteiger partial charge < -0.3 is 10.0 Å². The second-order valence-electron chi connectivity index (χ2n) is 4.57. The molecule has 18 heavy (non-hydrogen) atoms. The van der Waals surface area contributed by atoms with Crippen molar-refractivity contribution in [3.8, 4) is 0 Å². The molecule has 0 saturated carbocycles. The van der Waals surface area contributed by atoms with E-state index in [0.717, 1.165) is 10.4 Å². The minimum Gasteiger partial charge on any atom is -0.481 e. The Balaban J connectivity index is 2.89. The highest BCUT2D eigenvalue weighted by atomic mass is 32.1. The van der Waals surface area contributed by atoms with E-state index < -0.39 is 5.97 Å². The van der Waals surface area contributed by atoms with Crippen LogP contribution in [0.2, 0.25) is 0 Å². The first-order chi connectivity index (χ1) is 8.34. The number of hydrogen-bond acceptors (Lipinski definition) is 3. The summed E-state index contributed by atoms with van der Waals surface area (Å²) in [5.74, 6) is -0.959. The average Bonchev–Trinajstić information content (AvgIpc) is 2.58. The average molecular weight is 269 g/mol. The molecule has 1 N–H and O–H groups in total. The summed E-state index contributed by atoms with van der Waals surface area (Å²) >= 11 is 1.55. The molecule has 1 heterocycles. The molecule has 1 rings (SSSR count). The molecule has 0 saturated heterocycles. The van der Waals surface area contributed by atoms with Gasteiger partial charge >= 0.3 is 5.97 Å². The molecular weight excluding hydrogens is 250 g/mol. The summed E-state index contributed by atoms with van der Waals surface area (Å²) in [6.07, 6.45) is -0.0217. The van der Waals surface area contributed by atoms with Crippen molar-refractivity contribution in [2.45, 2.75) is 40.2 Å². The molecule has 0 atom stereocenters. The van der Waals surface area contributed by atoms with Crippen LogP contribution in [0.15, 0.2) is 5.38 Å². The van der Waals surface area contributed by atoms with Gasteiger partial charge in [-0.3, -0.25) is 9.59 Å². The van der Waals surface area contributed by atoms with Crippen molar-refractivity contribution in [2.24, 2.45) is 0 Å². The summed E-state index contributed by atoms with van der Waals surface area (Å²) < 4.78 is 0. The number of hydrogen-bond donors (Lipinski definition) is 1. The highest BCUT2D eigenvalue weighted by Crippen LogP contribution is 2.22. The minimum atomic E-state index is -0.883. The number of rotatable bonds is 5. The zero-order valence-electron chi connectivity index (χ0n) is 11.2. The van der Waals surface area contributed by atoms with Crippen LogP contribution in [0.4, 0.5) is 0 Å². The smallest absolute Gasteiger partial charge is 0.305 e. The van der Waals surface area contributed by atoms with Crippen LogP contribution in [0.3, 0.4) is 0 Å². The van der Waals surface area contributed by atoms with E-state index in [-0.39, 0.29) is 24.9 Å². The van der Waals surface area contributed by atoms with Gasteiger partial charge in [-0.1, -0.05) is 0 Å². The Morgan fingerprint density at radius 1 is 1.39 bits per heavy atom. The van der Waals surface area contributed by atoms with Crippen molar-refractivity contribution in [1.29, 1.82) is 0 Å². The van der Waals surface area contributed by atoms with Gasteiger partial charge in [0.1, 0.15) is 0 Å². The highest BCUT2D eigenvalue weighted by Gasteiger charge is 2.22. The van der Waals surface area contributed by atoms with Crippen molar-refractivity contribution in [2.75, 3.05) is 6.54 Å². The van der Waals surface area contributed by atoms with Crippen LogP contribution >= 0.6 is 11.3 Å². The van der Waals surface area contributed by atoms with Crippen molar-refractivity contribution >= 4 is 23.2 Å². The van der Waals surface area contributed by atoms with E-state index in [9.17, 15) is 9.59 Å². The Morgan fingerprint density at radius 2 is 2.00 bits per heavy atom. The summed E-state index contributed by atoms with van der Waals surface area (Å²) in [6.45, 7) is 7.95. The molecule has 100 valence electrons. The Hall–Kier alpha value is -1.36. The number of carbonyl (C=O) groups is 2. The van der Waals surface area contributed by atoms with Gasteiger partial charge in [0.2, 0.25) is 0 Å². The van der Waals surface area contributed by atoms with E-state index in [0.29, 0.717) is 5.56 Å². The number of carboxylic acid groups (broad SMARTS) is 1. The largest absolute Gasteiger partial charge is 0.481 e. The van der Waals surface area contributed by atoms with Gasteiger partial charge in [-0.15, -0.1) is 11.3 Å². The molecule has 0 aliphatic carbocycles. The summed E-state index contributed by atoms with van der Waals surface area (Å²) in [4.78, 5) is 25.7. The molecule has 4 nitrogen and oxygen atoms in total. The quantitative estimate of drug-likeness (QED) is 0.894. The Kier molecular flexibility index (Phi) is 4.90. The maximum atomic E-state index is 12.4. The highest BCUT2D eigenvalue weighted by molar-refractivity contribution is 7.10.